The highest BCUT2D eigenvalue weighted by Gasteiger charge is 2.40. The van der Waals surface area contributed by atoms with Crippen LogP contribution in [0.25, 0.3) is 5.57 Å². The standard InChI is InChI=1S/C21H13F3N2O3S/c22-21(23,24)29-15-10-8-13(9-11-15)25-18-17(16-7-4-12-30-16)19(27)26(20(18)28)14-5-2-1-3-6-14/h1-12,25H. The summed E-state index contributed by atoms with van der Waals surface area (Å²) in [6.45, 7) is 0. The van der Waals surface area contributed by atoms with Gasteiger partial charge in [-0.3, -0.25) is 9.59 Å². The number of hydrogen-bond donors (Lipinski definition) is 1. The number of nitrogens with one attached hydrogen (secondary N) is 1. The lowest BCUT2D eigenvalue weighted by atomic mass is 10.2. The summed E-state index contributed by atoms with van der Waals surface area (Å²) < 4.78 is 40.9. The molecule has 152 valence electrons. The maximum Gasteiger partial charge on any atom is 0.573 e. The van der Waals surface area contributed by atoms with Gasteiger partial charge in [0.1, 0.15) is 11.4 Å². The summed E-state index contributed by atoms with van der Waals surface area (Å²) in [5.41, 5.74) is 1.02. The number of benzene rings is 2. The highest BCUT2D eigenvalue weighted by molar-refractivity contribution is 7.11. The Bertz CT molecular complexity index is 1110. The van der Waals surface area contributed by atoms with Crippen LogP contribution in [0.1, 0.15) is 4.88 Å². The van der Waals surface area contributed by atoms with E-state index >= 15 is 0 Å². The van der Waals surface area contributed by atoms with E-state index in [1.807, 2.05) is 0 Å². The lowest BCUT2D eigenvalue weighted by Gasteiger charge is -2.15. The third kappa shape index (κ3) is 3.92. The highest BCUT2D eigenvalue weighted by Crippen LogP contribution is 2.35. The van der Waals surface area contributed by atoms with Crippen molar-refractivity contribution < 1.29 is 27.5 Å². The second kappa shape index (κ2) is 7.68. The average molecular weight is 430 g/mol. The number of amides is 2. The number of carbonyl (C=O) groups excluding carboxylic acids is 2. The lowest BCUT2D eigenvalue weighted by Crippen LogP contribution is -2.32. The maximum absolute atomic E-state index is 13.1. The van der Waals surface area contributed by atoms with Crippen LogP contribution < -0.4 is 15.0 Å². The van der Waals surface area contributed by atoms with E-state index in [2.05, 4.69) is 10.1 Å². The number of hydrogen-bond acceptors (Lipinski definition) is 5. The third-order valence-corrected chi connectivity index (χ3v) is 5.11. The van der Waals surface area contributed by atoms with Gasteiger partial charge >= 0.3 is 6.36 Å². The van der Waals surface area contributed by atoms with Crippen LogP contribution in [-0.2, 0) is 9.59 Å². The van der Waals surface area contributed by atoms with Gasteiger partial charge in [0.2, 0.25) is 0 Å². The van der Waals surface area contributed by atoms with Gasteiger partial charge in [-0.2, -0.15) is 0 Å². The number of anilines is 2. The molecule has 1 aromatic heterocycles. The lowest BCUT2D eigenvalue weighted by molar-refractivity contribution is -0.274. The average Bonchev–Trinajstić information content (AvgIpc) is 3.30. The first-order valence-corrected chi connectivity index (χ1v) is 9.56. The Morgan fingerprint density at radius 1 is 0.867 bits per heavy atom. The molecule has 0 spiro atoms. The van der Waals surface area contributed by atoms with Crippen molar-refractivity contribution >= 4 is 40.1 Å². The zero-order valence-electron chi connectivity index (χ0n) is 15.1. The van der Waals surface area contributed by atoms with Crippen molar-refractivity contribution in [3.8, 4) is 5.75 Å². The predicted octanol–water partition coefficient (Wildman–Crippen LogP) is 5.04. The Labute approximate surface area is 173 Å². The van der Waals surface area contributed by atoms with Crippen LogP contribution in [0.3, 0.4) is 0 Å². The summed E-state index contributed by atoms with van der Waals surface area (Å²) in [5.74, 6) is -1.42. The smallest absolute Gasteiger partial charge is 0.406 e. The quantitative estimate of drug-likeness (QED) is 0.576. The monoisotopic (exact) mass is 430 g/mol. The molecule has 1 aliphatic heterocycles. The van der Waals surface area contributed by atoms with Crippen LogP contribution in [0.15, 0.2) is 77.8 Å². The van der Waals surface area contributed by atoms with Crippen LogP contribution in [0.2, 0.25) is 0 Å². The second-order valence-electron chi connectivity index (χ2n) is 6.21. The van der Waals surface area contributed by atoms with Gasteiger partial charge in [0.25, 0.3) is 11.8 Å². The number of alkyl halides is 3. The normalized spacial score (nSPS) is 14.4. The molecule has 4 rings (SSSR count). The van der Waals surface area contributed by atoms with Crippen molar-refractivity contribution in [2.75, 3.05) is 10.2 Å². The van der Waals surface area contributed by atoms with Gasteiger partial charge in [-0.25, -0.2) is 4.90 Å². The van der Waals surface area contributed by atoms with Gasteiger partial charge in [-0.1, -0.05) is 24.3 Å². The van der Waals surface area contributed by atoms with Crippen LogP contribution >= 0.6 is 11.3 Å². The molecule has 0 unspecified atom stereocenters. The van der Waals surface area contributed by atoms with Crippen LogP contribution in [0.4, 0.5) is 24.5 Å². The van der Waals surface area contributed by atoms with Gasteiger partial charge in [-0.15, -0.1) is 24.5 Å². The fourth-order valence-electron chi connectivity index (χ4n) is 2.99. The third-order valence-electron chi connectivity index (χ3n) is 4.22. The van der Waals surface area contributed by atoms with E-state index in [0.29, 0.717) is 16.3 Å². The van der Waals surface area contributed by atoms with Crippen LogP contribution in [0, 0.1) is 0 Å². The summed E-state index contributed by atoms with van der Waals surface area (Å²) in [5, 5.41) is 4.67. The maximum atomic E-state index is 13.1. The molecule has 3 aromatic rings. The van der Waals surface area contributed by atoms with E-state index in [9.17, 15) is 22.8 Å². The Kier molecular flexibility index (Phi) is 5.04. The van der Waals surface area contributed by atoms with Crippen molar-refractivity contribution in [1.29, 1.82) is 0 Å². The predicted molar refractivity (Wildman–Crippen MR) is 107 cm³/mol. The number of halogens is 3. The molecule has 0 radical (unpaired) electrons. The molecule has 2 heterocycles. The molecule has 9 heteroatoms. The molecule has 1 N–H and O–H groups in total. The first kappa shape index (κ1) is 19.7. The SMILES string of the molecule is O=C1C(Nc2ccc(OC(F)(F)F)cc2)=C(c2cccs2)C(=O)N1c1ccccc1. The van der Waals surface area contributed by atoms with Crippen molar-refractivity contribution in [3.05, 3.63) is 82.7 Å². The number of rotatable bonds is 5. The summed E-state index contributed by atoms with van der Waals surface area (Å²) in [6, 6.07) is 16.9. The van der Waals surface area contributed by atoms with E-state index in [1.165, 1.54) is 23.5 Å². The van der Waals surface area contributed by atoms with Crippen molar-refractivity contribution in [1.82, 2.24) is 0 Å². The Hall–Kier alpha value is -3.59. The van der Waals surface area contributed by atoms with Crippen LogP contribution in [0.5, 0.6) is 5.75 Å². The summed E-state index contributed by atoms with van der Waals surface area (Å²) in [7, 11) is 0. The van der Waals surface area contributed by atoms with E-state index in [0.717, 1.165) is 17.0 Å². The van der Waals surface area contributed by atoms with E-state index in [4.69, 9.17) is 0 Å². The van der Waals surface area contributed by atoms with Gasteiger partial charge in [-0.05, 0) is 47.8 Å². The number of imide groups is 1. The first-order chi connectivity index (χ1) is 14.3. The summed E-state index contributed by atoms with van der Waals surface area (Å²) in [4.78, 5) is 27.9. The fraction of sp³-hybridized carbons (Fsp3) is 0.0476. The Morgan fingerprint density at radius 3 is 2.17 bits per heavy atom. The molecule has 0 saturated heterocycles. The summed E-state index contributed by atoms with van der Waals surface area (Å²) >= 11 is 1.30. The summed E-state index contributed by atoms with van der Waals surface area (Å²) in [6.07, 6.45) is -4.80. The minimum Gasteiger partial charge on any atom is -0.406 e. The second-order valence-corrected chi connectivity index (χ2v) is 7.15. The fourth-order valence-corrected chi connectivity index (χ4v) is 3.76. The molecule has 30 heavy (non-hydrogen) atoms. The van der Waals surface area contributed by atoms with Crippen molar-refractivity contribution in [2.45, 2.75) is 6.36 Å². The van der Waals surface area contributed by atoms with Gasteiger partial charge in [0.15, 0.2) is 0 Å². The zero-order valence-corrected chi connectivity index (χ0v) is 16.0. The van der Waals surface area contributed by atoms with Crippen molar-refractivity contribution in [2.24, 2.45) is 0 Å². The number of para-hydroxylation sites is 1. The molecule has 0 saturated carbocycles. The first-order valence-electron chi connectivity index (χ1n) is 8.68. The van der Waals surface area contributed by atoms with Gasteiger partial charge in [0, 0.05) is 10.6 Å². The molecule has 0 atom stereocenters. The van der Waals surface area contributed by atoms with Gasteiger partial charge in [0.05, 0.1) is 11.3 Å². The molecule has 2 amide bonds. The number of carbonyl (C=O) groups is 2. The molecule has 0 aliphatic carbocycles. The highest BCUT2D eigenvalue weighted by atomic mass is 32.1. The van der Waals surface area contributed by atoms with E-state index < -0.39 is 18.2 Å². The Balaban J connectivity index is 1.68. The minimum absolute atomic E-state index is 0.0517. The molecular weight excluding hydrogens is 417 g/mol. The zero-order chi connectivity index (χ0) is 21.3. The van der Waals surface area contributed by atoms with Crippen molar-refractivity contribution in [3.63, 3.8) is 0 Å². The van der Waals surface area contributed by atoms with E-state index in [1.54, 1.807) is 47.8 Å². The van der Waals surface area contributed by atoms with Gasteiger partial charge < -0.3 is 10.1 Å². The minimum atomic E-state index is -4.80. The van der Waals surface area contributed by atoms with E-state index in [-0.39, 0.29) is 17.0 Å². The molecular formula is C21H13F3N2O3S. The largest absolute Gasteiger partial charge is 0.573 e. The topological polar surface area (TPSA) is 58.6 Å². The number of ether oxygens (including phenoxy) is 1. The number of nitrogens with zero attached hydrogens (tertiary/aromatic N) is 1. The molecule has 0 bridgehead atoms. The molecule has 2 aromatic carbocycles. The number of thiophene rings is 1. The molecule has 5 nitrogen and oxygen atoms in total. The molecule has 0 fully saturated rings. The Morgan fingerprint density at radius 2 is 1.57 bits per heavy atom. The molecule has 1 aliphatic rings. The van der Waals surface area contributed by atoms with Crippen LogP contribution in [-0.4, -0.2) is 18.2 Å².